The Hall–Kier alpha value is -0.610. The van der Waals surface area contributed by atoms with E-state index in [9.17, 15) is 4.79 Å². The molecule has 1 aliphatic carbocycles. The van der Waals surface area contributed by atoms with Crippen molar-refractivity contribution in [1.82, 2.24) is 9.80 Å². The first-order valence-corrected chi connectivity index (χ1v) is 8.83. The summed E-state index contributed by atoms with van der Waals surface area (Å²) in [6.07, 6.45) is 8.06. The van der Waals surface area contributed by atoms with Gasteiger partial charge in [-0.1, -0.05) is 6.92 Å². The molecule has 2 fully saturated rings. The Labute approximate surface area is 130 Å². The van der Waals surface area contributed by atoms with Gasteiger partial charge >= 0.3 is 0 Å². The quantitative estimate of drug-likeness (QED) is 0.866. The van der Waals surface area contributed by atoms with Gasteiger partial charge in [0.25, 0.3) is 0 Å². The van der Waals surface area contributed by atoms with Gasteiger partial charge in [-0.05, 0) is 65.3 Å². The summed E-state index contributed by atoms with van der Waals surface area (Å²) in [5.74, 6) is 0.325. The summed E-state index contributed by atoms with van der Waals surface area (Å²) in [6.45, 7) is 8.12. The molecule has 21 heavy (non-hydrogen) atoms. The number of rotatable bonds is 4. The normalized spacial score (nSPS) is 34.2. The maximum Gasteiger partial charge on any atom is 0.237 e. The molecule has 0 spiro atoms. The van der Waals surface area contributed by atoms with Gasteiger partial charge < -0.3 is 10.6 Å². The third kappa shape index (κ3) is 4.19. The predicted molar refractivity (Wildman–Crippen MR) is 87.1 cm³/mol. The first-order valence-electron chi connectivity index (χ1n) is 8.83. The molecule has 2 rings (SSSR count). The maximum absolute atomic E-state index is 12.8. The molecule has 0 radical (unpaired) electrons. The van der Waals surface area contributed by atoms with Crippen molar-refractivity contribution in [2.75, 3.05) is 13.1 Å². The van der Waals surface area contributed by atoms with Crippen LogP contribution >= 0.6 is 0 Å². The largest absolute Gasteiger partial charge is 0.336 e. The third-order valence-corrected chi connectivity index (χ3v) is 5.48. The van der Waals surface area contributed by atoms with Crippen LogP contribution in [0, 0.1) is 0 Å². The number of likely N-dealkylation sites (tertiary alicyclic amines) is 1. The second kappa shape index (κ2) is 7.59. The lowest BCUT2D eigenvalue weighted by Crippen LogP contribution is -2.53. The van der Waals surface area contributed by atoms with Crippen molar-refractivity contribution in [2.24, 2.45) is 5.73 Å². The monoisotopic (exact) mass is 295 g/mol. The molecule has 4 nitrogen and oxygen atoms in total. The van der Waals surface area contributed by atoms with E-state index in [0.29, 0.717) is 36.6 Å². The van der Waals surface area contributed by atoms with Crippen LogP contribution in [0.25, 0.3) is 0 Å². The molecule has 1 saturated carbocycles. The average molecular weight is 295 g/mol. The number of hydrogen-bond acceptors (Lipinski definition) is 3. The van der Waals surface area contributed by atoms with E-state index in [2.05, 4.69) is 30.6 Å². The van der Waals surface area contributed by atoms with Gasteiger partial charge in [0.05, 0.1) is 6.54 Å². The number of amides is 1. The number of carbonyl (C=O) groups is 1. The number of nitrogens with two attached hydrogens (primary N) is 1. The van der Waals surface area contributed by atoms with Crippen LogP contribution in [0.1, 0.15) is 65.7 Å². The van der Waals surface area contributed by atoms with Gasteiger partial charge in [0.15, 0.2) is 0 Å². The van der Waals surface area contributed by atoms with Crippen LogP contribution in [-0.4, -0.2) is 53.0 Å². The molecule has 1 saturated heterocycles. The second-order valence-corrected chi connectivity index (χ2v) is 7.06. The molecule has 2 N–H and O–H groups in total. The highest BCUT2D eigenvalue weighted by Gasteiger charge is 2.31. The Morgan fingerprint density at radius 1 is 1.10 bits per heavy atom. The van der Waals surface area contributed by atoms with E-state index in [-0.39, 0.29) is 0 Å². The Kier molecular flexibility index (Phi) is 6.06. The fourth-order valence-electron chi connectivity index (χ4n) is 4.13. The van der Waals surface area contributed by atoms with Gasteiger partial charge in [-0.3, -0.25) is 9.69 Å². The number of hydrogen-bond donors (Lipinski definition) is 1. The molecular weight excluding hydrogens is 262 g/mol. The summed E-state index contributed by atoms with van der Waals surface area (Å²) in [4.78, 5) is 17.3. The van der Waals surface area contributed by atoms with E-state index >= 15 is 0 Å². The van der Waals surface area contributed by atoms with Crippen LogP contribution in [-0.2, 0) is 4.79 Å². The standard InChI is InChI=1S/C17H33N3O/c1-4-19(16-10-8-15(18)9-11-16)12-17(21)20-13(2)6-5-7-14(20)3/h13-16H,4-12,18H2,1-3H3. The van der Waals surface area contributed by atoms with Gasteiger partial charge in [0, 0.05) is 24.2 Å². The molecule has 0 aromatic carbocycles. The predicted octanol–water partition coefficient (Wildman–Crippen LogP) is 2.37. The van der Waals surface area contributed by atoms with Crippen LogP contribution in [0.4, 0.5) is 0 Å². The first-order chi connectivity index (χ1) is 10.0. The minimum atomic E-state index is 0.325. The summed E-state index contributed by atoms with van der Waals surface area (Å²) in [7, 11) is 0. The second-order valence-electron chi connectivity index (χ2n) is 7.06. The fourth-order valence-corrected chi connectivity index (χ4v) is 4.13. The maximum atomic E-state index is 12.8. The van der Waals surface area contributed by atoms with Gasteiger partial charge in [-0.2, -0.15) is 0 Å². The zero-order chi connectivity index (χ0) is 15.4. The van der Waals surface area contributed by atoms with Gasteiger partial charge in [-0.15, -0.1) is 0 Å². The summed E-state index contributed by atoms with van der Waals surface area (Å²) in [6, 6.07) is 1.73. The van der Waals surface area contributed by atoms with E-state index in [4.69, 9.17) is 5.73 Å². The molecule has 0 aromatic rings. The number of piperidine rings is 1. The lowest BCUT2D eigenvalue weighted by atomic mass is 9.90. The number of carbonyl (C=O) groups excluding carboxylic acids is 1. The van der Waals surface area contributed by atoms with Crippen molar-refractivity contribution in [1.29, 1.82) is 0 Å². The Morgan fingerprint density at radius 3 is 2.19 bits per heavy atom. The summed E-state index contributed by atoms with van der Waals surface area (Å²) in [5, 5.41) is 0. The average Bonchev–Trinajstić information content (AvgIpc) is 2.45. The minimum Gasteiger partial charge on any atom is -0.336 e. The molecule has 0 bridgehead atoms. The van der Waals surface area contributed by atoms with Gasteiger partial charge in [-0.25, -0.2) is 0 Å². The molecule has 2 aliphatic rings. The molecule has 1 amide bonds. The summed E-state index contributed by atoms with van der Waals surface area (Å²) >= 11 is 0. The van der Waals surface area contributed by atoms with Gasteiger partial charge in [0.2, 0.25) is 5.91 Å². The van der Waals surface area contributed by atoms with Crippen molar-refractivity contribution >= 4 is 5.91 Å². The van der Waals surface area contributed by atoms with Crippen molar-refractivity contribution in [3.05, 3.63) is 0 Å². The van der Waals surface area contributed by atoms with Gasteiger partial charge in [0.1, 0.15) is 0 Å². The van der Waals surface area contributed by atoms with E-state index in [1.54, 1.807) is 0 Å². The molecule has 0 aromatic heterocycles. The Bertz CT molecular complexity index is 329. The molecule has 1 aliphatic heterocycles. The summed E-state index contributed by atoms with van der Waals surface area (Å²) in [5.41, 5.74) is 6.00. The molecule has 4 heteroatoms. The Balaban J connectivity index is 1.92. The lowest BCUT2D eigenvalue weighted by molar-refractivity contribution is -0.139. The van der Waals surface area contributed by atoms with E-state index in [1.165, 1.54) is 6.42 Å². The SMILES string of the molecule is CCN(CC(=O)N1C(C)CCCC1C)C1CCC(N)CC1. The van der Waals surface area contributed by atoms with Crippen LogP contribution in [0.5, 0.6) is 0 Å². The third-order valence-electron chi connectivity index (χ3n) is 5.48. The zero-order valence-electron chi connectivity index (χ0n) is 14.1. The highest BCUT2D eigenvalue weighted by Crippen LogP contribution is 2.25. The smallest absolute Gasteiger partial charge is 0.237 e. The van der Waals surface area contributed by atoms with Crippen LogP contribution in [0.3, 0.4) is 0 Å². The lowest BCUT2D eigenvalue weighted by Gasteiger charge is -2.41. The van der Waals surface area contributed by atoms with Crippen molar-refractivity contribution in [3.8, 4) is 0 Å². The van der Waals surface area contributed by atoms with E-state index in [0.717, 1.165) is 45.1 Å². The highest BCUT2D eigenvalue weighted by molar-refractivity contribution is 5.79. The van der Waals surface area contributed by atoms with Crippen LogP contribution in [0.15, 0.2) is 0 Å². The summed E-state index contributed by atoms with van der Waals surface area (Å²) < 4.78 is 0. The molecule has 2 atom stereocenters. The fraction of sp³-hybridized carbons (Fsp3) is 0.941. The highest BCUT2D eigenvalue weighted by atomic mass is 16.2. The minimum absolute atomic E-state index is 0.325. The van der Waals surface area contributed by atoms with Crippen molar-refractivity contribution in [2.45, 2.75) is 89.9 Å². The van der Waals surface area contributed by atoms with Crippen molar-refractivity contribution < 1.29 is 4.79 Å². The molecule has 1 heterocycles. The number of likely N-dealkylation sites (N-methyl/N-ethyl adjacent to an activating group) is 1. The zero-order valence-corrected chi connectivity index (χ0v) is 14.1. The molecule has 122 valence electrons. The molecular formula is C17H33N3O. The van der Waals surface area contributed by atoms with Crippen LogP contribution in [0.2, 0.25) is 0 Å². The molecule has 2 unspecified atom stereocenters. The number of nitrogens with zero attached hydrogens (tertiary/aromatic N) is 2. The Morgan fingerprint density at radius 2 is 1.67 bits per heavy atom. The topological polar surface area (TPSA) is 49.6 Å². The van der Waals surface area contributed by atoms with E-state index in [1.807, 2.05) is 0 Å². The van der Waals surface area contributed by atoms with E-state index < -0.39 is 0 Å². The first kappa shape index (κ1) is 16.8. The van der Waals surface area contributed by atoms with Crippen LogP contribution < -0.4 is 5.73 Å². The van der Waals surface area contributed by atoms with Crippen molar-refractivity contribution in [3.63, 3.8) is 0 Å².